The SMILES string of the molecule is CC.CC(=O)O.CC/C=C/C(CC)OC.CCC.CCC(C)(C)O.CCOCC(CC)=Nc1c(NC=O)nc2ccccc2c1C. The van der Waals surface area contributed by atoms with Crippen LogP contribution in [0.3, 0.4) is 0 Å². The Morgan fingerprint density at radius 3 is 2.00 bits per heavy atom. The number of aliphatic carboxylic acids is 1. The van der Waals surface area contributed by atoms with Gasteiger partial charge in [0.25, 0.3) is 5.97 Å². The minimum Gasteiger partial charge on any atom is -0.481 e. The van der Waals surface area contributed by atoms with E-state index in [2.05, 4.69) is 50.1 Å². The number of nitrogens with one attached hydrogen (secondary N) is 1. The number of hydrogen-bond acceptors (Lipinski definition) is 7. The summed E-state index contributed by atoms with van der Waals surface area (Å²) in [6.07, 6.45) is 10.2. The number of carboxylic acid groups (broad SMARTS) is 1. The topological polar surface area (TPSA) is 130 Å². The lowest BCUT2D eigenvalue weighted by molar-refractivity contribution is -0.134. The predicted octanol–water partition coefficient (Wildman–Crippen LogP) is 9.71. The maximum absolute atomic E-state index is 10.9. The number of carbonyl (C=O) groups excluding carboxylic acids is 1. The molecule has 0 aliphatic rings. The summed E-state index contributed by atoms with van der Waals surface area (Å²) in [5, 5.41) is 19.9. The van der Waals surface area contributed by atoms with Crippen LogP contribution in [0.5, 0.6) is 0 Å². The number of hydrogen-bond donors (Lipinski definition) is 3. The van der Waals surface area contributed by atoms with Gasteiger partial charge in [0.2, 0.25) is 6.41 Å². The third-order valence-corrected chi connectivity index (χ3v) is 5.62. The molecule has 1 aromatic carbocycles. The molecule has 0 fully saturated rings. The molecule has 0 saturated carbocycles. The molecule has 1 amide bonds. The zero-order valence-corrected chi connectivity index (χ0v) is 31.5. The van der Waals surface area contributed by atoms with Crippen molar-refractivity contribution in [2.45, 2.75) is 134 Å². The summed E-state index contributed by atoms with van der Waals surface area (Å²) in [5.74, 6) is -0.353. The van der Waals surface area contributed by atoms with Crippen molar-refractivity contribution in [3.05, 3.63) is 42.0 Å². The van der Waals surface area contributed by atoms with Gasteiger partial charge in [-0.1, -0.05) is 92.2 Å². The summed E-state index contributed by atoms with van der Waals surface area (Å²) in [4.78, 5) is 29.1. The van der Waals surface area contributed by atoms with E-state index in [-0.39, 0.29) is 0 Å². The predicted molar refractivity (Wildman–Crippen MR) is 198 cm³/mol. The standard InChI is InChI=1S/C17H21N3O2.C8H16O.C5H12O.C3H8.C2H4O2.C2H6/c1-4-13(10-22-5-2)19-16-12(3)14-8-6-7-9-15(14)20-17(16)18-11-21;1-4-6-7-8(5-2)9-3;1-4-5(2,3)6;1-3-2;1-2(3)4;1-2/h6-9,11H,4-5,10H2,1-3H3,(H,18,20,21);6-8H,4-5H2,1-3H3;6H,4H2,1-3H3;3H2,1-2H3;1H3,(H,3,4);1-2H3/b;7-6+;;;;. The second kappa shape index (κ2) is 33.2. The summed E-state index contributed by atoms with van der Waals surface area (Å²) in [5.41, 5.74) is 3.00. The van der Waals surface area contributed by atoms with Gasteiger partial charge in [0.05, 0.1) is 23.8 Å². The monoisotopic (exact) mass is 650 g/mol. The quantitative estimate of drug-likeness (QED) is 0.119. The maximum atomic E-state index is 10.9. The van der Waals surface area contributed by atoms with Crippen molar-refractivity contribution in [3.63, 3.8) is 0 Å². The van der Waals surface area contributed by atoms with Crippen LogP contribution >= 0.6 is 0 Å². The van der Waals surface area contributed by atoms with Crippen molar-refractivity contribution in [1.82, 2.24) is 4.98 Å². The van der Waals surface area contributed by atoms with Crippen LogP contribution < -0.4 is 5.32 Å². The van der Waals surface area contributed by atoms with Crippen molar-refractivity contribution in [2.24, 2.45) is 4.99 Å². The van der Waals surface area contributed by atoms with E-state index in [0.29, 0.717) is 37.2 Å². The van der Waals surface area contributed by atoms with E-state index in [1.807, 2.05) is 65.8 Å². The van der Waals surface area contributed by atoms with Crippen molar-refractivity contribution in [1.29, 1.82) is 0 Å². The van der Waals surface area contributed by atoms with E-state index in [0.717, 1.165) is 54.8 Å². The number of fused-ring (bicyclic) bond motifs is 1. The van der Waals surface area contributed by atoms with Gasteiger partial charge in [-0.15, -0.1) is 0 Å². The van der Waals surface area contributed by atoms with Gasteiger partial charge < -0.3 is 25.0 Å². The molecular weight excluding hydrogens is 582 g/mol. The third-order valence-electron chi connectivity index (χ3n) is 5.62. The molecule has 0 radical (unpaired) electrons. The lowest BCUT2D eigenvalue weighted by Gasteiger charge is -2.12. The molecule has 266 valence electrons. The van der Waals surface area contributed by atoms with Crippen LogP contribution in [0.15, 0.2) is 41.4 Å². The number of carboxylic acids is 1. The van der Waals surface area contributed by atoms with Crippen LogP contribution in [0.4, 0.5) is 11.5 Å². The average Bonchev–Trinajstić information content (AvgIpc) is 3.03. The van der Waals surface area contributed by atoms with Gasteiger partial charge in [0.1, 0.15) is 5.69 Å². The highest BCUT2D eigenvalue weighted by Crippen LogP contribution is 2.33. The Bertz CT molecular complexity index is 1070. The number of aryl methyl sites for hydroxylation is 1. The fourth-order valence-corrected chi connectivity index (χ4v) is 2.92. The van der Waals surface area contributed by atoms with E-state index in [1.165, 1.54) is 6.42 Å². The molecule has 1 atom stereocenters. The number of methoxy groups -OCH3 is 1. The molecule has 0 saturated heterocycles. The Kier molecular flexibility index (Phi) is 35.9. The fourth-order valence-electron chi connectivity index (χ4n) is 2.92. The number of aliphatic hydroxyl groups is 1. The summed E-state index contributed by atoms with van der Waals surface area (Å²) in [6.45, 7) is 26.2. The lowest BCUT2D eigenvalue weighted by Crippen LogP contribution is -2.15. The number of aromatic nitrogens is 1. The number of aliphatic imine (C=N–C) groups is 1. The van der Waals surface area contributed by atoms with Crippen LogP contribution in [-0.2, 0) is 19.1 Å². The number of allylic oxidation sites excluding steroid dienone is 1. The Morgan fingerprint density at radius 2 is 1.61 bits per heavy atom. The number of pyridine rings is 1. The van der Waals surface area contributed by atoms with Gasteiger partial charge in [-0.25, -0.2) is 4.98 Å². The third kappa shape index (κ3) is 28.3. The Hall–Kier alpha value is -3.14. The van der Waals surface area contributed by atoms with Gasteiger partial charge in [-0.2, -0.15) is 0 Å². The molecule has 0 spiro atoms. The molecule has 9 heteroatoms. The zero-order chi connectivity index (χ0) is 36.6. The lowest BCUT2D eigenvalue weighted by atomic mass is 10.1. The highest BCUT2D eigenvalue weighted by Gasteiger charge is 2.12. The molecule has 1 heterocycles. The average molecular weight is 650 g/mol. The van der Waals surface area contributed by atoms with Gasteiger partial charge in [0.15, 0.2) is 5.82 Å². The Morgan fingerprint density at radius 1 is 1.09 bits per heavy atom. The smallest absolute Gasteiger partial charge is 0.300 e. The highest BCUT2D eigenvalue weighted by molar-refractivity contribution is 5.96. The number of amides is 1. The van der Waals surface area contributed by atoms with Crippen molar-refractivity contribution in [2.75, 3.05) is 25.6 Å². The molecule has 1 aromatic heterocycles. The second-order valence-corrected chi connectivity index (χ2v) is 10.3. The molecule has 46 heavy (non-hydrogen) atoms. The molecule has 9 nitrogen and oxygen atoms in total. The minimum absolute atomic E-state index is 0.324. The van der Waals surface area contributed by atoms with E-state index < -0.39 is 11.6 Å². The number of rotatable bonds is 12. The Labute approximate surface area is 280 Å². The first-order chi connectivity index (χ1) is 21.8. The van der Waals surface area contributed by atoms with Crippen LogP contribution in [0, 0.1) is 6.92 Å². The Balaban J connectivity index is -0.000000302. The number of para-hydroxylation sites is 1. The van der Waals surface area contributed by atoms with Gasteiger partial charge in [-0.3, -0.25) is 14.6 Å². The van der Waals surface area contributed by atoms with Gasteiger partial charge in [0, 0.05) is 31.7 Å². The molecule has 2 rings (SSSR count). The van der Waals surface area contributed by atoms with E-state index >= 15 is 0 Å². The molecule has 0 aliphatic carbocycles. The summed E-state index contributed by atoms with van der Waals surface area (Å²) >= 11 is 0. The largest absolute Gasteiger partial charge is 0.481 e. The number of ether oxygens (including phenoxy) is 2. The van der Waals surface area contributed by atoms with Crippen LogP contribution in [-0.4, -0.2) is 65.3 Å². The zero-order valence-electron chi connectivity index (χ0n) is 31.5. The number of carbonyl (C=O) groups is 2. The molecular formula is C37H67N3O6. The number of anilines is 1. The van der Waals surface area contributed by atoms with Crippen LogP contribution in [0.25, 0.3) is 10.9 Å². The normalized spacial score (nSPS) is 11.1. The van der Waals surface area contributed by atoms with Crippen LogP contribution in [0.1, 0.15) is 121 Å². The maximum Gasteiger partial charge on any atom is 0.300 e. The van der Waals surface area contributed by atoms with Crippen molar-refractivity contribution >= 4 is 40.5 Å². The number of nitrogens with zero attached hydrogens (tertiary/aromatic N) is 2. The summed E-state index contributed by atoms with van der Waals surface area (Å²) < 4.78 is 10.6. The highest BCUT2D eigenvalue weighted by atomic mass is 16.5. The molecule has 0 bridgehead atoms. The van der Waals surface area contributed by atoms with E-state index in [1.54, 1.807) is 21.0 Å². The van der Waals surface area contributed by atoms with Crippen molar-refractivity contribution < 1.29 is 29.3 Å². The minimum atomic E-state index is -0.833. The first-order valence-corrected chi connectivity index (χ1v) is 16.6. The van der Waals surface area contributed by atoms with Crippen molar-refractivity contribution in [3.8, 4) is 0 Å². The molecule has 3 N–H and O–H groups in total. The second-order valence-electron chi connectivity index (χ2n) is 10.3. The summed E-state index contributed by atoms with van der Waals surface area (Å²) in [6, 6.07) is 7.83. The number of benzene rings is 1. The van der Waals surface area contributed by atoms with Gasteiger partial charge in [-0.05, 0) is 65.0 Å². The van der Waals surface area contributed by atoms with Crippen LogP contribution in [0.2, 0.25) is 0 Å². The molecule has 2 aromatic rings. The first-order valence-electron chi connectivity index (χ1n) is 16.6. The fraction of sp³-hybridized carbons (Fsp3) is 0.622. The molecule has 0 aliphatic heterocycles. The first kappa shape index (κ1) is 49.7. The van der Waals surface area contributed by atoms with E-state index in [4.69, 9.17) is 29.5 Å². The van der Waals surface area contributed by atoms with Gasteiger partial charge >= 0.3 is 0 Å². The summed E-state index contributed by atoms with van der Waals surface area (Å²) in [7, 11) is 1.74. The van der Waals surface area contributed by atoms with E-state index in [9.17, 15) is 4.79 Å². The molecule has 1 unspecified atom stereocenters.